The summed E-state index contributed by atoms with van der Waals surface area (Å²) < 4.78 is 0. The van der Waals surface area contributed by atoms with Gasteiger partial charge < -0.3 is 5.11 Å². The van der Waals surface area contributed by atoms with E-state index < -0.39 is 5.60 Å². The summed E-state index contributed by atoms with van der Waals surface area (Å²) >= 11 is 6.19. The molecule has 16 heavy (non-hydrogen) atoms. The molecule has 1 nitrogen and oxygen atoms in total. The van der Waals surface area contributed by atoms with E-state index in [-0.39, 0.29) is 5.92 Å². The number of hydrogen-bond acceptors (Lipinski definition) is 1. The van der Waals surface area contributed by atoms with E-state index in [0.717, 1.165) is 22.6 Å². The van der Waals surface area contributed by atoms with Crippen molar-refractivity contribution in [3.05, 3.63) is 34.3 Å². The fourth-order valence-electron chi connectivity index (χ4n) is 1.86. The minimum atomic E-state index is -0.654. The topological polar surface area (TPSA) is 20.2 Å². The van der Waals surface area contributed by atoms with Crippen LogP contribution in [0.15, 0.2) is 18.2 Å². The van der Waals surface area contributed by atoms with Crippen molar-refractivity contribution in [2.45, 2.75) is 46.1 Å². The van der Waals surface area contributed by atoms with E-state index in [2.05, 4.69) is 0 Å². The zero-order chi connectivity index (χ0) is 12.3. The first-order valence-electron chi connectivity index (χ1n) is 5.86. The Morgan fingerprint density at radius 3 is 2.44 bits per heavy atom. The minimum absolute atomic E-state index is 0.231. The summed E-state index contributed by atoms with van der Waals surface area (Å²) in [5.41, 5.74) is 1.53. The first-order chi connectivity index (χ1) is 7.39. The molecule has 0 aliphatic heterocycles. The van der Waals surface area contributed by atoms with Crippen molar-refractivity contribution in [2.24, 2.45) is 5.92 Å². The lowest BCUT2D eigenvalue weighted by atomic mass is 9.82. The van der Waals surface area contributed by atoms with Crippen LogP contribution in [0.3, 0.4) is 0 Å². The van der Waals surface area contributed by atoms with Crippen LogP contribution in [0.2, 0.25) is 5.02 Å². The van der Waals surface area contributed by atoms with Gasteiger partial charge in [-0.3, -0.25) is 0 Å². The third-order valence-corrected chi connectivity index (χ3v) is 3.74. The van der Waals surface area contributed by atoms with Crippen molar-refractivity contribution < 1.29 is 5.11 Å². The van der Waals surface area contributed by atoms with Gasteiger partial charge in [0.2, 0.25) is 0 Å². The zero-order valence-corrected chi connectivity index (χ0v) is 11.3. The number of hydrogen-bond donors (Lipinski definition) is 1. The predicted molar refractivity (Wildman–Crippen MR) is 70.0 cm³/mol. The average molecular weight is 241 g/mol. The van der Waals surface area contributed by atoms with Gasteiger partial charge in [0.15, 0.2) is 0 Å². The lowest BCUT2D eigenvalue weighted by Crippen LogP contribution is -2.36. The third kappa shape index (κ3) is 2.99. The van der Waals surface area contributed by atoms with E-state index in [1.165, 1.54) is 0 Å². The van der Waals surface area contributed by atoms with Crippen LogP contribution in [0.25, 0.3) is 0 Å². The van der Waals surface area contributed by atoms with Gasteiger partial charge in [0.25, 0.3) is 0 Å². The number of halogens is 1. The summed E-state index contributed by atoms with van der Waals surface area (Å²) in [4.78, 5) is 0. The standard InChI is InChI=1S/C14H21ClO/c1-5-14(16,10(2)3)9-12-7-6-11(4)8-13(12)15/h6-8,10,16H,5,9H2,1-4H3. The molecule has 2 heteroatoms. The summed E-state index contributed by atoms with van der Waals surface area (Å²) in [6.07, 6.45) is 1.37. The van der Waals surface area contributed by atoms with E-state index >= 15 is 0 Å². The van der Waals surface area contributed by atoms with Gasteiger partial charge in [0.05, 0.1) is 5.60 Å². The summed E-state index contributed by atoms with van der Waals surface area (Å²) in [6.45, 7) is 8.13. The van der Waals surface area contributed by atoms with E-state index in [1.807, 2.05) is 45.9 Å². The molecule has 1 unspecified atom stereocenters. The van der Waals surface area contributed by atoms with Crippen molar-refractivity contribution in [2.75, 3.05) is 0 Å². The van der Waals surface area contributed by atoms with E-state index in [4.69, 9.17) is 11.6 Å². The molecule has 0 aliphatic rings. The van der Waals surface area contributed by atoms with Gasteiger partial charge in [-0.1, -0.05) is 44.5 Å². The Morgan fingerprint density at radius 2 is 2.00 bits per heavy atom. The quantitative estimate of drug-likeness (QED) is 0.844. The molecular weight excluding hydrogens is 220 g/mol. The number of benzene rings is 1. The Kier molecular flexibility index (Phi) is 4.40. The zero-order valence-electron chi connectivity index (χ0n) is 10.5. The molecule has 0 saturated heterocycles. The number of aliphatic hydroxyl groups is 1. The van der Waals surface area contributed by atoms with Crippen LogP contribution in [0, 0.1) is 12.8 Å². The van der Waals surface area contributed by atoms with Crippen molar-refractivity contribution in [3.8, 4) is 0 Å². The van der Waals surface area contributed by atoms with E-state index in [9.17, 15) is 5.11 Å². The molecule has 0 spiro atoms. The Balaban J connectivity index is 2.95. The summed E-state index contributed by atoms with van der Waals surface area (Å²) in [6, 6.07) is 6.01. The first-order valence-corrected chi connectivity index (χ1v) is 6.24. The molecule has 0 bridgehead atoms. The molecule has 0 aromatic heterocycles. The Bertz CT molecular complexity index is 360. The van der Waals surface area contributed by atoms with Crippen LogP contribution in [0.1, 0.15) is 38.3 Å². The molecule has 1 rings (SSSR count). The van der Waals surface area contributed by atoms with E-state index in [1.54, 1.807) is 0 Å². The van der Waals surface area contributed by atoms with Crippen LogP contribution < -0.4 is 0 Å². The van der Waals surface area contributed by atoms with Gasteiger partial charge in [0.1, 0.15) is 0 Å². The third-order valence-electron chi connectivity index (χ3n) is 3.39. The Hall–Kier alpha value is -0.530. The Morgan fingerprint density at radius 1 is 1.38 bits per heavy atom. The van der Waals surface area contributed by atoms with Gasteiger partial charge in [-0.25, -0.2) is 0 Å². The SMILES string of the molecule is CCC(O)(Cc1ccc(C)cc1Cl)C(C)C. The molecular formula is C14H21ClO. The molecule has 0 fully saturated rings. The van der Waals surface area contributed by atoms with Gasteiger partial charge >= 0.3 is 0 Å². The van der Waals surface area contributed by atoms with Crippen LogP contribution in [-0.4, -0.2) is 10.7 Å². The second kappa shape index (κ2) is 5.20. The summed E-state index contributed by atoms with van der Waals surface area (Å²) in [5.74, 6) is 0.231. The molecule has 0 saturated carbocycles. The van der Waals surface area contributed by atoms with Gasteiger partial charge in [-0.05, 0) is 36.5 Å². The Labute approximate surface area is 103 Å². The summed E-state index contributed by atoms with van der Waals surface area (Å²) in [7, 11) is 0. The van der Waals surface area contributed by atoms with Crippen LogP contribution >= 0.6 is 11.6 Å². The molecule has 0 heterocycles. The van der Waals surface area contributed by atoms with Crippen molar-refractivity contribution in [3.63, 3.8) is 0 Å². The molecule has 1 atom stereocenters. The highest BCUT2D eigenvalue weighted by Gasteiger charge is 2.29. The van der Waals surface area contributed by atoms with Crippen LogP contribution in [0.4, 0.5) is 0 Å². The maximum atomic E-state index is 10.5. The molecule has 0 amide bonds. The molecule has 0 aliphatic carbocycles. The number of rotatable bonds is 4. The van der Waals surface area contributed by atoms with Crippen molar-refractivity contribution in [1.29, 1.82) is 0 Å². The molecule has 1 N–H and O–H groups in total. The highest BCUT2D eigenvalue weighted by atomic mass is 35.5. The highest BCUT2D eigenvalue weighted by molar-refractivity contribution is 6.31. The van der Waals surface area contributed by atoms with Gasteiger partial charge in [-0.2, -0.15) is 0 Å². The monoisotopic (exact) mass is 240 g/mol. The van der Waals surface area contributed by atoms with E-state index in [0.29, 0.717) is 6.42 Å². The van der Waals surface area contributed by atoms with Gasteiger partial charge in [-0.15, -0.1) is 0 Å². The molecule has 90 valence electrons. The van der Waals surface area contributed by atoms with Gasteiger partial charge in [0, 0.05) is 11.4 Å². The molecule has 1 aromatic carbocycles. The maximum absolute atomic E-state index is 10.5. The minimum Gasteiger partial charge on any atom is -0.389 e. The normalized spacial score (nSPS) is 15.2. The van der Waals surface area contributed by atoms with Crippen LogP contribution in [-0.2, 0) is 6.42 Å². The second-order valence-corrected chi connectivity index (χ2v) is 5.29. The highest BCUT2D eigenvalue weighted by Crippen LogP contribution is 2.29. The predicted octanol–water partition coefficient (Wildman–Crippen LogP) is 3.99. The largest absolute Gasteiger partial charge is 0.389 e. The van der Waals surface area contributed by atoms with Crippen molar-refractivity contribution >= 4 is 11.6 Å². The average Bonchev–Trinajstić information content (AvgIpc) is 2.22. The maximum Gasteiger partial charge on any atom is 0.0708 e. The molecule has 0 radical (unpaired) electrons. The lowest BCUT2D eigenvalue weighted by molar-refractivity contribution is -0.00827. The van der Waals surface area contributed by atoms with Crippen molar-refractivity contribution in [1.82, 2.24) is 0 Å². The smallest absolute Gasteiger partial charge is 0.0708 e. The second-order valence-electron chi connectivity index (χ2n) is 4.88. The fraction of sp³-hybridized carbons (Fsp3) is 0.571. The summed E-state index contributed by atoms with van der Waals surface area (Å²) in [5, 5.41) is 11.2. The fourth-order valence-corrected chi connectivity index (χ4v) is 2.16. The van der Waals surface area contributed by atoms with Crippen LogP contribution in [0.5, 0.6) is 0 Å². The number of aryl methyl sites for hydroxylation is 1. The first kappa shape index (κ1) is 13.5. The molecule has 1 aromatic rings. The lowest BCUT2D eigenvalue weighted by Gasteiger charge is -2.31.